The molecule has 1 unspecified atom stereocenters. The van der Waals surface area contributed by atoms with E-state index >= 15 is 0 Å². The maximum atomic E-state index is 5.07. The van der Waals surface area contributed by atoms with Gasteiger partial charge in [-0.15, -0.1) is 0 Å². The van der Waals surface area contributed by atoms with Gasteiger partial charge in [0.1, 0.15) is 0 Å². The van der Waals surface area contributed by atoms with Crippen molar-refractivity contribution in [1.29, 1.82) is 0 Å². The summed E-state index contributed by atoms with van der Waals surface area (Å²) in [4.78, 5) is 2.37. The molecule has 0 spiro atoms. The van der Waals surface area contributed by atoms with E-state index in [0.29, 0.717) is 12.0 Å². The van der Waals surface area contributed by atoms with E-state index in [4.69, 9.17) is 4.74 Å². The van der Waals surface area contributed by atoms with Crippen LogP contribution in [-0.2, 0) is 11.3 Å². The van der Waals surface area contributed by atoms with Crippen LogP contribution in [0.3, 0.4) is 0 Å². The number of ether oxygens (including phenoxy) is 1. The third-order valence-electron chi connectivity index (χ3n) is 3.80. The molecular formula is C16H27BrN2O. The van der Waals surface area contributed by atoms with Crippen LogP contribution in [0.1, 0.15) is 26.3 Å². The highest BCUT2D eigenvalue weighted by Crippen LogP contribution is 2.26. The number of benzene rings is 1. The van der Waals surface area contributed by atoms with Crippen molar-refractivity contribution in [2.45, 2.75) is 33.4 Å². The molecule has 0 amide bonds. The number of nitrogens with zero attached hydrogens (tertiary/aromatic N) is 1. The second-order valence-corrected chi connectivity index (χ2v) is 6.45. The molecule has 1 aromatic carbocycles. The van der Waals surface area contributed by atoms with Crippen LogP contribution in [0.5, 0.6) is 0 Å². The molecule has 114 valence electrons. The molecule has 0 aliphatic heterocycles. The number of hydrogen-bond acceptors (Lipinski definition) is 3. The van der Waals surface area contributed by atoms with E-state index in [9.17, 15) is 0 Å². The number of hydrogen-bond donors (Lipinski definition) is 1. The first kappa shape index (κ1) is 17.5. The second kappa shape index (κ2) is 8.65. The molecule has 0 fully saturated rings. The maximum absolute atomic E-state index is 5.07. The van der Waals surface area contributed by atoms with Crippen molar-refractivity contribution < 1.29 is 4.74 Å². The van der Waals surface area contributed by atoms with Gasteiger partial charge in [-0.1, -0.05) is 29.8 Å². The van der Waals surface area contributed by atoms with E-state index in [-0.39, 0.29) is 0 Å². The van der Waals surface area contributed by atoms with E-state index in [2.05, 4.69) is 72.2 Å². The standard InChI is InChI=1S/C16H27BrN2O/c1-12(2)13(3)19(4)16-7-6-15(17)10-14(16)11-18-8-9-20-5/h6-7,10,12-13,18H,8-9,11H2,1-5H3. The summed E-state index contributed by atoms with van der Waals surface area (Å²) < 4.78 is 6.19. The van der Waals surface area contributed by atoms with Crippen molar-refractivity contribution in [2.75, 3.05) is 32.2 Å². The molecule has 20 heavy (non-hydrogen) atoms. The van der Waals surface area contributed by atoms with Crippen LogP contribution in [0, 0.1) is 5.92 Å². The summed E-state index contributed by atoms with van der Waals surface area (Å²) in [5.41, 5.74) is 2.60. The first-order valence-corrected chi connectivity index (χ1v) is 7.97. The Balaban J connectivity index is 2.83. The van der Waals surface area contributed by atoms with Gasteiger partial charge in [-0.3, -0.25) is 0 Å². The van der Waals surface area contributed by atoms with Gasteiger partial charge in [0, 0.05) is 43.4 Å². The van der Waals surface area contributed by atoms with Gasteiger partial charge < -0.3 is 15.0 Å². The minimum atomic E-state index is 0.508. The summed E-state index contributed by atoms with van der Waals surface area (Å²) >= 11 is 3.56. The Kier molecular flexibility index (Phi) is 7.56. The Morgan fingerprint density at radius 3 is 2.60 bits per heavy atom. The van der Waals surface area contributed by atoms with Gasteiger partial charge in [-0.2, -0.15) is 0 Å². The number of anilines is 1. The molecule has 1 aromatic rings. The Bertz CT molecular complexity index is 409. The normalized spacial score (nSPS) is 12.8. The van der Waals surface area contributed by atoms with E-state index in [1.807, 2.05) is 0 Å². The van der Waals surface area contributed by atoms with Crippen LogP contribution in [0.2, 0.25) is 0 Å². The quantitative estimate of drug-likeness (QED) is 0.729. The van der Waals surface area contributed by atoms with Crippen LogP contribution < -0.4 is 10.2 Å². The first-order valence-electron chi connectivity index (χ1n) is 7.18. The molecule has 4 heteroatoms. The highest BCUT2D eigenvalue weighted by atomic mass is 79.9. The molecular weight excluding hydrogens is 316 g/mol. The largest absolute Gasteiger partial charge is 0.383 e. The zero-order valence-electron chi connectivity index (χ0n) is 13.2. The number of methoxy groups -OCH3 is 1. The van der Waals surface area contributed by atoms with Gasteiger partial charge in [0.25, 0.3) is 0 Å². The highest BCUT2D eigenvalue weighted by Gasteiger charge is 2.16. The first-order chi connectivity index (χ1) is 9.47. The number of rotatable bonds is 8. The maximum Gasteiger partial charge on any atom is 0.0587 e. The highest BCUT2D eigenvalue weighted by molar-refractivity contribution is 9.10. The zero-order valence-corrected chi connectivity index (χ0v) is 14.8. The summed E-state index contributed by atoms with van der Waals surface area (Å²) in [6.07, 6.45) is 0. The molecule has 0 aromatic heterocycles. The lowest BCUT2D eigenvalue weighted by Gasteiger charge is -2.32. The molecule has 3 nitrogen and oxygen atoms in total. The monoisotopic (exact) mass is 342 g/mol. The SMILES string of the molecule is COCCNCc1cc(Br)ccc1N(C)C(C)C(C)C. The van der Waals surface area contributed by atoms with Crippen LogP contribution >= 0.6 is 15.9 Å². The lowest BCUT2D eigenvalue weighted by atomic mass is 10.0. The summed E-state index contributed by atoms with van der Waals surface area (Å²) in [5, 5.41) is 3.42. The molecule has 0 aliphatic rings. The smallest absolute Gasteiger partial charge is 0.0587 e. The van der Waals surface area contributed by atoms with Crippen molar-refractivity contribution in [3.8, 4) is 0 Å². The summed E-state index contributed by atoms with van der Waals surface area (Å²) in [7, 11) is 3.90. The lowest BCUT2D eigenvalue weighted by molar-refractivity contribution is 0.199. The van der Waals surface area contributed by atoms with Gasteiger partial charge in [-0.25, -0.2) is 0 Å². The molecule has 0 radical (unpaired) electrons. The molecule has 0 heterocycles. The minimum absolute atomic E-state index is 0.508. The van der Waals surface area contributed by atoms with Crippen molar-refractivity contribution in [1.82, 2.24) is 5.32 Å². The fourth-order valence-electron chi connectivity index (χ4n) is 2.10. The number of nitrogens with one attached hydrogen (secondary N) is 1. The molecule has 1 N–H and O–H groups in total. The Morgan fingerprint density at radius 2 is 2.00 bits per heavy atom. The van der Waals surface area contributed by atoms with Crippen LogP contribution in [0.4, 0.5) is 5.69 Å². The van der Waals surface area contributed by atoms with Crippen molar-refractivity contribution >= 4 is 21.6 Å². The van der Waals surface area contributed by atoms with Crippen LogP contribution in [0.25, 0.3) is 0 Å². The Labute approximate surface area is 131 Å². The van der Waals surface area contributed by atoms with Crippen LogP contribution in [-0.4, -0.2) is 33.4 Å². The minimum Gasteiger partial charge on any atom is -0.383 e. The summed E-state index contributed by atoms with van der Waals surface area (Å²) in [6, 6.07) is 7.00. The Hall–Kier alpha value is -0.580. The van der Waals surface area contributed by atoms with Gasteiger partial charge in [0.2, 0.25) is 0 Å². The summed E-state index contributed by atoms with van der Waals surface area (Å²) in [5.74, 6) is 0.623. The predicted octanol–water partition coefficient (Wildman–Crippen LogP) is 3.67. The molecule has 1 atom stereocenters. The van der Waals surface area contributed by atoms with Crippen LogP contribution in [0.15, 0.2) is 22.7 Å². The molecule has 1 rings (SSSR count). The topological polar surface area (TPSA) is 24.5 Å². The van der Waals surface area contributed by atoms with Gasteiger partial charge in [0.15, 0.2) is 0 Å². The average molecular weight is 343 g/mol. The third kappa shape index (κ3) is 5.08. The lowest BCUT2D eigenvalue weighted by Crippen LogP contribution is -2.34. The van der Waals surface area contributed by atoms with Gasteiger partial charge in [0.05, 0.1) is 6.61 Å². The van der Waals surface area contributed by atoms with E-state index in [0.717, 1.165) is 24.2 Å². The summed E-state index contributed by atoms with van der Waals surface area (Å²) in [6.45, 7) is 9.25. The Morgan fingerprint density at radius 1 is 1.30 bits per heavy atom. The fraction of sp³-hybridized carbons (Fsp3) is 0.625. The average Bonchev–Trinajstić information content (AvgIpc) is 2.42. The van der Waals surface area contributed by atoms with E-state index in [1.165, 1.54) is 11.3 Å². The third-order valence-corrected chi connectivity index (χ3v) is 4.29. The zero-order chi connectivity index (χ0) is 15.1. The fourth-order valence-corrected chi connectivity index (χ4v) is 2.51. The van der Waals surface area contributed by atoms with E-state index in [1.54, 1.807) is 7.11 Å². The molecule has 0 aliphatic carbocycles. The van der Waals surface area contributed by atoms with Gasteiger partial charge in [-0.05, 0) is 36.6 Å². The van der Waals surface area contributed by atoms with Crippen molar-refractivity contribution in [2.24, 2.45) is 5.92 Å². The second-order valence-electron chi connectivity index (χ2n) is 5.54. The predicted molar refractivity (Wildman–Crippen MR) is 90.4 cm³/mol. The molecule has 0 saturated carbocycles. The molecule has 0 bridgehead atoms. The molecule has 0 saturated heterocycles. The van der Waals surface area contributed by atoms with Crippen molar-refractivity contribution in [3.63, 3.8) is 0 Å². The number of halogens is 1. The van der Waals surface area contributed by atoms with Gasteiger partial charge >= 0.3 is 0 Å². The van der Waals surface area contributed by atoms with Crippen molar-refractivity contribution in [3.05, 3.63) is 28.2 Å². The van der Waals surface area contributed by atoms with E-state index < -0.39 is 0 Å².